The summed E-state index contributed by atoms with van der Waals surface area (Å²) in [5.41, 5.74) is 1.67. The molecule has 1 atom stereocenters. The standard InChI is InChI=1S/C11H19/c1-3-10(2)11-8-6-4-5-7-9-11/h3,8,10H,4-7,9H2,1-2H3. The lowest BCUT2D eigenvalue weighted by Crippen LogP contribution is -1.97. The van der Waals surface area contributed by atoms with Gasteiger partial charge in [-0.05, 0) is 38.0 Å². The van der Waals surface area contributed by atoms with Gasteiger partial charge in [-0.2, -0.15) is 0 Å². The highest BCUT2D eigenvalue weighted by Gasteiger charge is 2.08. The molecule has 1 unspecified atom stereocenters. The lowest BCUT2D eigenvalue weighted by molar-refractivity contribution is 0.674. The van der Waals surface area contributed by atoms with Gasteiger partial charge in [0.25, 0.3) is 0 Å². The van der Waals surface area contributed by atoms with E-state index in [9.17, 15) is 0 Å². The second-order valence-corrected chi connectivity index (χ2v) is 3.50. The molecule has 0 saturated heterocycles. The zero-order valence-corrected chi connectivity index (χ0v) is 7.77. The maximum atomic E-state index is 2.46. The number of allylic oxidation sites excluding steroid dienone is 2. The Balaban J connectivity index is 2.46. The van der Waals surface area contributed by atoms with Gasteiger partial charge in [0, 0.05) is 0 Å². The molecule has 0 heteroatoms. The molecule has 0 heterocycles. The van der Waals surface area contributed by atoms with Crippen LogP contribution in [0.25, 0.3) is 0 Å². The summed E-state index contributed by atoms with van der Waals surface area (Å²) in [7, 11) is 0. The van der Waals surface area contributed by atoms with Crippen LogP contribution in [0.5, 0.6) is 0 Å². The molecule has 0 aromatic heterocycles. The molecule has 1 aliphatic carbocycles. The Kier molecular flexibility index (Phi) is 3.68. The van der Waals surface area contributed by atoms with E-state index in [1.165, 1.54) is 32.1 Å². The molecular weight excluding hydrogens is 132 g/mol. The van der Waals surface area contributed by atoms with Gasteiger partial charge in [0.2, 0.25) is 0 Å². The quantitative estimate of drug-likeness (QED) is 0.527. The minimum atomic E-state index is 0.716. The van der Waals surface area contributed by atoms with Crippen molar-refractivity contribution in [3.63, 3.8) is 0 Å². The highest BCUT2D eigenvalue weighted by Crippen LogP contribution is 2.24. The van der Waals surface area contributed by atoms with E-state index in [0.717, 1.165) is 0 Å². The van der Waals surface area contributed by atoms with Gasteiger partial charge in [-0.3, -0.25) is 0 Å². The fourth-order valence-corrected chi connectivity index (χ4v) is 1.67. The lowest BCUT2D eigenvalue weighted by atomic mass is 9.95. The Hall–Kier alpha value is -0.260. The maximum absolute atomic E-state index is 2.46. The normalized spacial score (nSPS) is 22.2. The first-order chi connectivity index (χ1) is 5.34. The summed E-state index contributed by atoms with van der Waals surface area (Å²) in [5.74, 6) is 0.716. The van der Waals surface area contributed by atoms with Gasteiger partial charge in [0.1, 0.15) is 0 Å². The van der Waals surface area contributed by atoms with E-state index < -0.39 is 0 Å². The van der Waals surface area contributed by atoms with Gasteiger partial charge < -0.3 is 0 Å². The molecule has 1 aliphatic rings. The van der Waals surface area contributed by atoms with Crippen LogP contribution in [0.15, 0.2) is 11.6 Å². The molecule has 0 spiro atoms. The highest BCUT2D eigenvalue weighted by molar-refractivity contribution is 5.10. The predicted octanol–water partition coefficient (Wildman–Crippen LogP) is 3.74. The Morgan fingerprint density at radius 2 is 2.18 bits per heavy atom. The van der Waals surface area contributed by atoms with Crippen molar-refractivity contribution in [1.82, 2.24) is 0 Å². The predicted molar refractivity (Wildman–Crippen MR) is 50.3 cm³/mol. The molecule has 0 amide bonds. The van der Waals surface area contributed by atoms with Crippen LogP contribution in [-0.4, -0.2) is 0 Å². The van der Waals surface area contributed by atoms with E-state index in [1.807, 2.05) is 0 Å². The van der Waals surface area contributed by atoms with Crippen LogP contribution in [0.1, 0.15) is 46.0 Å². The fourth-order valence-electron chi connectivity index (χ4n) is 1.67. The Morgan fingerprint density at radius 3 is 2.91 bits per heavy atom. The highest BCUT2D eigenvalue weighted by atomic mass is 14.1. The van der Waals surface area contributed by atoms with Gasteiger partial charge in [-0.25, -0.2) is 0 Å². The van der Waals surface area contributed by atoms with Gasteiger partial charge >= 0.3 is 0 Å². The summed E-state index contributed by atoms with van der Waals surface area (Å²) in [6.45, 7) is 4.47. The first kappa shape index (κ1) is 8.83. The van der Waals surface area contributed by atoms with E-state index in [0.29, 0.717) is 5.92 Å². The molecule has 0 aliphatic heterocycles. The van der Waals surface area contributed by atoms with Gasteiger partial charge in [-0.15, -0.1) is 0 Å². The lowest BCUT2D eigenvalue weighted by Gasteiger charge is -2.11. The van der Waals surface area contributed by atoms with Crippen molar-refractivity contribution in [2.45, 2.75) is 46.0 Å². The molecule has 63 valence electrons. The third kappa shape index (κ3) is 2.69. The molecule has 0 fully saturated rings. The monoisotopic (exact) mass is 151 g/mol. The molecule has 0 N–H and O–H groups in total. The van der Waals surface area contributed by atoms with Crippen molar-refractivity contribution in [1.29, 1.82) is 0 Å². The average molecular weight is 151 g/mol. The fraction of sp³-hybridized carbons (Fsp3) is 0.727. The average Bonchev–Trinajstić information content (AvgIpc) is 2.30. The van der Waals surface area contributed by atoms with E-state index in [4.69, 9.17) is 0 Å². The van der Waals surface area contributed by atoms with Crippen molar-refractivity contribution in [3.8, 4) is 0 Å². The summed E-state index contributed by atoms with van der Waals surface area (Å²) < 4.78 is 0. The van der Waals surface area contributed by atoms with Crippen molar-refractivity contribution in [2.24, 2.45) is 5.92 Å². The van der Waals surface area contributed by atoms with Crippen LogP contribution < -0.4 is 0 Å². The summed E-state index contributed by atoms with van der Waals surface area (Å²) in [5, 5.41) is 0. The van der Waals surface area contributed by atoms with Crippen molar-refractivity contribution >= 4 is 0 Å². The number of hydrogen-bond acceptors (Lipinski definition) is 0. The Morgan fingerprint density at radius 1 is 1.36 bits per heavy atom. The molecule has 0 nitrogen and oxygen atoms in total. The van der Waals surface area contributed by atoms with Crippen LogP contribution in [0.3, 0.4) is 0 Å². The third-order valence-corrected chi connectivity index (χ3v) is 2.66. The molecule has 0 aromatic carbocycles. The van der Waals surface area contributed by atoms with Crippen LogP contribution in [0.4, 0.5) is 0 Å². The van der Waals surface area contributed by atoms with Gasteiger partial charge in [0.15, 0.2) is 0 Å². The van der Waals surface area contributed by atoms with Crippen molar-refractivity contribution < 1.29 is 0 Å². The molecule has 0 aromatic rings. The number of rotatable bonds is 2. The van der Waals surface area contributed by atoms with Crippen LogP contribution >= 0.6 is 0 Å². The zero-order valence-electron chi connectivity index (χ0n) is 7.77. The van der Waals surface area contributed by atoms with E-state index in [-0.39, 0.29) is 0 Å². The third-order valence-electron chi connectivity index (χ3n) is 2.66. The minimum Gasteiger partial charge on any atom is -0.0851 e. The zero-order chi connectivity index (χ0) is 8.10. The second-order valence-electron chi connectivity index (χ2n) is 3.50. The molecule has 1 rings (SSSR count). The molecule has 1 radical (unpaired) electrons. The van der Waals surface area contributed by atoms with E-state index in [2.05, 4.69) is 26.3 Å². The first-order valence-corrected chi connectivity index (χ1v) is 4.83. The summed E-state index contributed by atoms with van der Waals surface area (Å²) in [4.78, 5) is 0. The topological polar surface area (TPSA) is 0 Å². The SMILES string of the molecule is C[CH]C(C)C1=CCCCCC1. The maximum Gasteiger partial charge on any atom is -0.0203 e. The first-order valence-electron chi connectivity index (χ1n) is 4.83. The number of hydrogen-bond donors (Lipinski definition) is 0. The van der Waals surface area contributed by atoms with Crippen LogP contribution in [-0.2, 0) is 0 Å². The van der Waals surface area contributed by atoms with E-state index in [1.54, 1.807) is 5.57 Å². The van der Waals surface area contributed by atoms with Gasteiger partial charge in [0.05, 0.1) is 0 Å². The molecule has 0 bridgehead atoms. The molecular formula is C11H19. The summed E-state index contributed by atoms with van der Waals surface area (Å²) in [6, 6.07) is 0. The minimum absolute atomic E-state index is 0.716. The smallest absolute Gasteiger partial charge is 0.0203 e. The molecule has 11 heavy (non-hydrogen) atoms. The Bertz CT molecular complexity index is 133. The summed E-state index contributed by atoms with van der Waals surface area (Å²) >= 11 is 0. The van der Waals surface area contributed by atoms with Crippen molar-refractivity contribution in [2.75, 3.05) is 0 Å². The van der Waals surface area contributed by atoms with Gasteiger partial charge in [-0.1, -0.05) is 31.9 Å². The van der Waals surface area contributed by atoms with Crippen LogP contribution in [0, 0.1) is 12.3 Å². The molecule has 0 saturated carbocycles. The second kappa shape index (κ2) is 4.58. The van der Waals surface area contributed by atoms with Crippen molar-refractivity contribution in [3.05, 3.63) is 18.1 Å². The Labute approximate surface area is 70.7 Å². The van der Waals surface area contributed by atoms with E-state index >= 15 is 0 Å². The van der Waals surface area contributed by atoms with Crippen LogP contribution in [0.2, 0.25) is 0 Å². The largest absolute Gasteiger partial charge is 0.0851 e. The summed E-state index contributed by atoms with van der Waals surface area (Å²) in [6.07, 6.45) is 11.6.